The fourth-order valence-electron chi connectivity index (χ4n) is 2.98. The van der Waals surface area contributed by atoms with E-state index in [1.54, 1.807) is 0 Å². The lowest BCUT2D eigenvalue weighted by Gasteiger charge is -2.16. The minimum absolute atomic E-state index is 0.0626. The molecule has 0 fully saturated rings. The summed E-state index contributed by atoms with van der Waals surface area (Å²) < 4.78 is 2.18. The molecule has 1 aromatic heterocycles. The Kier molecular flexibility index (Phi) is 4.97. The number of benzene rings is 1. The van der Waals surface area contributed by atoms with E-state index >= 15 is 0 Å². The summed E-state index contributed by atoms with van der Waals surface area (Å²) in [6, 6.07) is 9.73. The zero-order valence-electron chi connectivity index (χ0n) is 13.8. The van der Waals surface area contributed by atoms with Crippen molar-refractivity contribution < 1.29 is 4.79 Å². The molecule has 0 aliphatic heterocycles. The summed E-state index contributed by atoms with van der Waals surface area (Å²) in [4.78, 5) is 12.6. The maximum atomic E-state index is 12.6. The molecule has 0 bridgehead atoms. The lowest BCUT2D eigenvalue weighted by atomic mass is 10.1. The van der Waals surface area contributed by atoms with Crippen molar-refractivity contribution in [3.63, 3.8) is 0 Å². The van der Waals surface area contributed by atoms with Gasteiger partial charge < -0.3 is 9.88 Å². The molecule has 4 heteroatoms. The van der Waals surface area contributed by atoms with Gasteiger partial charge in [0.15, 0.2) is 0 Å². The first-order chi connectivity index (χ1) is 10.3. The van der Waals surface area contributed by atoms with Crippen molar-refractivity contribution in [2.24, 2.45) is 0 Å². The Bertz CT molecular complexity index is 688. The monoisotopic (exact) mass is 318 g/mol. The van der Waals surface area contributed by atoms with E-state index in [2.05, 4.69) is 23.7 Å². The molecule has 1 N–H and O–H groups in total. The number of rotatable bonds is 4. The third-order valence-corrected chi connectivity index (χ3v) is 4.31. The molecule has 0 spiro atoms. The molecule has 0 aliphatic rings. The average molecular weight is 319 g/mol. The molecule has 0 saturated heterocycles. The molecule has 22 heavy (non-hydrogen) atoms. The zero-order chi connectivity index (χ0) is 16.4. The van der Waals surface area contributed by atoms with Gasteiger partial charge in [0.25, 0.3) is 5.91 Å². The van der Waals surface area contributed by atoms with Crippen molar-refractivity contribution in [2.45, 2.75) is 46.7 Å². The van der Waals surface area contributed by atoms with Crippen LogP contribution in [-0.4, -0.2) is 10.5 Å². The van der Waals surface area contributed by atoms with Crippen LogP contribution in [0.25, 0.3) is 0 Å². The first-order valence-corrected chi connectivity index (χ1v) is 7.94. The number of nitrogens with one attached hydrogen (secondary N) is 1. The summed E-state index contributed by atoms with van der Waals surface area (Å²) in [7, 11) is 0. The van der Waals surface area contributed by atoms with E-state index in [4.69, 9.17) is 11.6 Å². The number of halogens is 1. The van der Waals surface area contributed by atoms with Crippen molar-refractivity contribution >= 4 is 17.5 Å². The van der Waals surface area contributed by atoms with E-state index in [1.807, 2.05) is 51.1 Å². The summed E-state index contributed by atoms with van der Waals surface area (Å²) in [5, 5.41) is 3.71. The van der Waals surface area contributed by atoms with Crippen LogP contribution >= 0.6 is 11.6 Å². The van der Waals surface area contributed by atoms with Crippen LogP contribution in [0, 0.1) is 13.8 Å². The van der Waals surface area contributed by atoms with Crippen LogP contribution in [0.4, 0.5) is 0 Å². The second kappa shape index (κ2) is 6.57. The highest BCUT2D eigenvalue weighted by atomic mass is 35.5. The van der Waals surface area contributed by atoms with Gasteiger partial charge in [0.1, 0.15) is 0 Å². The lowest BCUT2D eigenvalue weighted by Crippen LogP contribution is -2.27. The lowest BCUT2D eigenvalue weighted by molar-refractivity contribution is 0.0939. The quantitative estimate of drug-likeness (QED) is 0.860. The highest BCUT2D eigenvalue weighted by Gasteiger charge is 2.19. The number of aryl methyl sites for hydroxylation is 1. The van der Waals surface area contributed by atoms with E-state index in [9.17, 15) is 4.79 Å². The van der Waals surface area contributed by atoms with Crippen LogP contribution < -0.4 is 5.32 Å². The van der Waals surface area contributed by atoms with Crippen LogP contribution in [0.3, 0.4) is 0 Å². The van der Waals surface area contributed by atoms with Gasteiger partial charge >= 0.3 is 0 Å². The SMILES string of the molecule is Cc1cc(C(=O)N[C@H](C)c2ccccc2Cl)c(C)n1C(C)C. The summed E-state index contributed by atoms with van der Waals surface area (Å²) in [6.45, 7) is 10.2. The molecule has 2 rings (SSSR count). The second-order valence-corrected chi connectivity index (χ2v) is 6.37. The number of carbonyl (C=O) groups is 1. The smallest absolute Gasteiger partial charge is 0.253 e. The molecule has 0 unspecified atom stereocenters. The van der Waals surface area contributed by atoms with Gasteiger partial charge in [0.05, 0.1) is 11.6 Å². The first kappa shape index (κ1) is 16.6. The van der Waals surface area contributed by atoms with Gasteiger partial charge in [-0.15, -0.1) is 0 Å². The summed E-state index contributed by atoms with van der Waals surface area (Å²) in [6.07, 6.45) is 0. The maximum Gasteiger partial charge on any atom is 0.253 e. The fraction of sp³-hybridized carbons (Fsp3) is 0.389. The van der Waals surface area contributed by atoms with E-state index < -0.39 is 0 Å². The van der Waals surface area contributed by atoms with E-state index in [0.717, 1.165) is 22.5 Å². The van der Waals surface area contributed by atoms with Crippen molar-refractivity contribution in [3.05, 3.63) is 57.9 Å². The van der Waals surface area contributed by atoms with Gasteiger partial charge in [-0.1, -0.05) is 29.8 Å². The fourth-order valence-corrected chi connectivity index (χ4v) is 3.28. The predicted octanol–water partition coefficient (Wildman–Crippen LogP) is 4.83. The Morgan fingerprint density at radius 1 is 1.18 bits per heavy atom. The third kappa shape index (κ3) is 3.20. The van der Waals surface area contributed by atoms with Crippen molar-refractivity contribution in [2.75, 3.05) is 0 Å². The molecule has 1 heterocycles. The highest BCUT2D eigenvalue weighted by Crippen LogP contribution is 2.24. The molecule has 0 aliphatic carbocycles. The molecule has 3 nitrogen and oxygen atoms in total. The predicted molar refractivity (Wildman–Crippen MR) is 91.6 cm³/mol. The molecule has 0 radical (unpaired) electrons. The van der Waals surface area contributed by atoms with Crippen molar-refractivity contribution in [1.82, 2.24) is 9.88 Å². The standard InChI is InChI=1S/C18H23ClN2O/c1-11(2)21-12(3)10-16(14(21)5)18(22)20-13(4)15-8-6-7-9-17(15)19/h6-11,13H,1-5H3,(H,20,22)/t13-/m1/s1. The summed E-state index contributed by atoms with van der Waals surface area (Å²) in [5.74, 6) is -0.0626. The zero-order valence-corrected chi connectivity index (χ0v) is 14.5. The van der Waals surface area contributed by atoms with Gasteiger partial charge in [0.2, 0.25) is 0 Å². The van der Waals surface area contributed by atoms with Gasteiger partial charge in [-0.05, 0) is 52.3 Å². The van der Waals surface area contributed by atoms with Crippen LogP contribution in [0.2, 0.25) is 5.02 Å². The third-order valence-electron chi connectivity index (χ3n) is 3.96. The molecule has 1 aromatic carbocycles. The number of amides is 1. The Morgan fingerprint density at radius 2 is 1.82 bits per heavy atom. The second-order valence-electron chi connectivity index (χ2n) is 5.97. The molecule has 1 atom stereocenters. The van der Waals surface area contributed by atoms with Gasteiger partial charge in [-0.25, -0.2) is 0 Å². The van der Waals surface area contributed by atoms with Crippen LogP contribution in [0.5, 0.6) is 0 Å². The topological polar surface area (TPSA) is 34.0 Å². The largest absolute Gasteiger partial charge is 0.346 e. The van der Waals surface area contributed by atoms with Crippen LogP contribution in [0.15, 0.2) is 30.3 Å². The molecular weight excluding hydrogens is 296 g/mol. The maximum absolute atomic E-state index is 12.6. The van der Waals surface area contributed by atoms with Gasteiger partial charge in [-0.3, -0.25) is 4.79 Å². The Hall–Kier alpha value is -1.74. The minimum Gasteiger partial charge on any atom is -0.346 e. The number of carbonyl (C=O) groups excluding carboxylic acids is 1. The number of hydrogen-bond acceptors (Lipinski definition) is 1. The molecular formula is C18H23ClN2O. The van der Waals surface area contributed by atoms with E-state index in [0.29, 0.717) is 11.1 Å². The summed E-state index contributed by atoms with van der Waals surface area (Å²) >= 11 is 6.20. The minimum atomic E-state index is -0.136. The highest BCUT2D eigenvalue weighted by molar-refractivity contribution is 6.31. The van der Waals surface area contributed by atoms with E-state index in [-0.39, 0.29) is 11.9 Å². The van der Waals surface area contributed by atoms with Crippen LogP contribution in [0.1, 0.15) is 60.2 Å². The van der Waals surface area contributed by atoms with Gasteiger partial charge in [-0.2, -0.15) is 0 Å². The molecule has 0 saturated carbocycles. The average Bonchev–Trinajstić information content (AvgIpc) is 2.74. The van der Waals surface area contributed by atoms with Crippen LogP contribution in [-0.2, 0) is 0 Å². The molecule has 2 aromatic rings. The number of hydrogen-bond donors (Lipinski definition) is 1. The van der Waals surface area contributed by atoms with Crippen molar-refractivity contribution in [3.8, 4) is 0 Å². The summed E-state index contributed by atoms with van der Waals surface area (Å²) in [5.41, 5.74) is 3.75. The van der Waals surface area contributed by atoms with Gasteiger partial charge in [0, 0.05) is 22.5 Å². The Balaban J connectivity index is 2.23. The van der Waals surface area contributed by atoms with Crippen molar-refractivity contribution in [1.29, 1.82) is 0 Å². The van der Waals surface area contributed by atoms with E-state index in [1.165, 1.54) is 0 Å². The normalized spacial score (nSPS) is 12.5. The Labute approximate surface area is 137 Å². The molecule has 118 valence electrons. The molecule has 1 amide bonds. The number of nitrogens with zero attached hydrogens (tertiary/aromatic N) is 1. The number of aromatic nitrogens is 1. The first-order valence-electron chi connectivity index (χ1n) is 7.56. The Morgan fingerprint density at radius 3 is 2.36 bits per heavy atom.